The molecule has 0 aliphatic carbocycles. The number of hydrogen-bond donors (Lipinski definition) is 2. The largest absolute Gasteiger partial charge is 0.484 e. The van der Waals surface area contributed by atoms with Gasteiger partial charge in [0.1, 0.15) is 56.2 Å². The van der Waals surface area contributed by atoms with E-state index in [-0.39, 0.29) is 42.2 Å². The van der Waals surface area contributed by atoms with E-state index in [1.807, 2.05) is 56.3 Å². The number of hydrogen-bond acceptors (Lipinski definition) is 11. The SMILES string of the molecule is Cc1cc(C(C)Oc2ccc(Cl)cc2S(N)(=O)=O)c2oc(-c3ccccc3)c(C)c(=O)c2c1.Cc1cc(C(C)Oc2ccc(Cl)cc2S(N)(=O)=O)c2oc(-c3cnn(C)c3)c(C)c(=O)c2c1. The summed E-state index contributed by atoms with van der Waals surface area (Å²) in [5.41, 5.74) is 5.73. The van der Waals surface area contributed by atoms with Gasteiger partial charge in [-0.05, 0) is 113 Å². The summed E-state index contributed by atoms with van der Waals surface area (Å²) in [5, 5.41) is 16.1. The van der Waals surface area contributed by atoms with Crippen LogP contribution in [0.3, 0.4) is 0 Å². The zero-order valence-electron chi connectivity index (χ0n) is 36.7. The zero-order valence-corrected chi connectivity index (χ0v) is 39.8. The first-order valence-electron chi connectivity index (χ1n) is 20.2. The van der Waals surface area contributed by atoms with Gasteiger partial charge >= 0.3 is 0 Å². The molecule has 5 aromatic carbocycles. The summed E-state index contributed by atoms with van der Waals surface area (Å²) in [7, 11) is -6.38. The molecule has 8 rings (SSSR count). The van der Waals surface area contributed by atoms with Crippen molar-refractivity contribution in [3.05, 3.63) is 167 Å². The van der Waals surface area contributed by atoms with Gasteiger partial charge in [-0.25, -0.2) is 27.1 Å². The minimum atomic E-state index is -4.08. The van der Waals surface area contributed by atoms with Gasteiger partial charge in [-0.2, -0.15) is 5.10 Å². The van der Waals surface area contributed by atoms with Crippen LogP contribution in [0, 0.1) is 27.7 Å². The first-order chi connectivity index (χ1) is 31.0. The lowest BCUT2D eigenvalue weighted by molar-refractivity contribution is 0.220. The molecule has 0 aliphatic heterocycles. The van der Waals surface area contributed by atoms with E-state index in [4.69, 9.17) is 51.8 Å². The Kier molecular flexibility index (Phi) is 13.4. The first-order valence-corrected chi connectivity index (χ1v) is 24.0. The minimum absolute atomic E-state index is 0.0472. The predicted molar refractivity (Wildman–Crippen MR) is 255 cm³/mol. The second kappa shape index (κ2) is 18.5. The van der Waals surface area contributed by atoms with Crippen LogP contribution >= 0.6 is 23.2 Å². The third-order valence-electron chi connectivity index (χ3n) is 10.7. The van der Waals surface area contributed by atoms with Gasteiger partial charge in [0, 0.05) is 51.1 Å². The lowest BCUT2D eigenvalue weighted by atomic mass is 10.00. The number of rotatable bonds is 10. The molecular formula is C48H44Cl2N4O10S2. The van der Waals surface area contributed by atoms with Gasteiger partial charge in [-0.3, -0.25) is 14.3 Å². The second-order valence-electron chi connectivity index (χ2n) is 15.8. The lowest BCUT2D eigenvalue weighted by Crippen LogP contribution is -2.15. The van der Waals surface area contributed by atoms with Crippen LogP contribution in [0.15, 0.2) is 132 Å². The van der Waals surface area contributed by atoms with Crippen molar-refractivity contribution in [2.75, 3.05) is 0 Å². The maximum atomic E-state index is 13.2. The highest BCUT2D eigenvalue weighted by molar-refractivity contribution is 7.89. The maximum absolute atomic E-state index is 13.2. The quantitative estimate of drug-likeness (QED) is 0.131. The number of aryl methyl sites for hydroxylation is 3. The molecule has 0 aliphatic rings. The third kappa shape index (κ3) is 9.94. The number of ether oxygens (including phenoxy) is 2. The smallest absolute Gasteiger partial charge is 0.241 e. The molecule has 14 nitrogen and oxygen atoms in total. The Hall–Kier alpha value is -6.27. The Morgan fingerprint density at radius 3 is 1.44 bits per heavy atom. The zero-order chi connectivity index (χ0) is 48.0. The summed E-state index contributed by atoms with van der Waals surface area (Å²) in [6.45, 7) is 10.7. The van der Waals surface area contributed by atoms with Gasteiger partial charge in [-0.15, -0.1) is 0 Å². The van der Waals surface area contributed by atoms with Crippen molar-refractivity contribution in [1.82, 2.24) is 9.78 Å². The van der Waals surface area contributed by atoms with Crippen molar-refractivity contribution in [1.29, 1.82) is 0 Å². The molecule has 18 heteroatoms. The van der Waals surface area contributed by atoms with E-state index >= 15 is 0 Å². The average Bonchev–Trinajstić information content (AvgIpc) is 3.69. The molecule has 3 aromatic heterocycles. The van der Waals surface area contributed by atoms with E-state index in [2.05, 4.69) is 5.10 Å². The molecule has 66 heavy (non-hydrogen) atoms. The van der Waals surface area contributed by atoms with Crippen molar-refractivity contribution in [3.63, 3.8) is 0 Å². The molecule has 3 heterocycles. The molecule has 0 spiro atoms. The van der Waals surface area contributed by atoms with Crippen LogP contribution < -0.4 is 30.6 Å². The number of nitrogens with zero attached hydrogens (tertiary/aromatic N) is 2. The van der Waals surface area contributed by atoms with E-state index in [0.29, 0.717) is 61.3 Å². The number of nitrogens with two attached hydrogens (primary N) is 2. The summed E-state index contributed by atoms with van der Waals surface area (Å²) in [6, 6.07) is 25.0. The Balaban J connectivity index is 0.000000196. The van der Waals surface area contributed by atoms with E-state index < -0.39 is 32.3 Å². The molecule has 2 atom stereocenters. The van der Waals surface area contributed by atoms with Crippen LogP contribution in [0.25, 0.3) is 44.6 Å². The molecule has 0 saturated heterocycles. The summed E-state index contributed by atoms with van der Waals surface area (Å²) < 4.78 is 74.3. The molecule has 2 unspecified atom stereocenters. The van der Waals surface area contributed by atoms with Gasteiger partial charge < -0.3 is 18.3 Å². The Morgan fingerprint density at radius 1 is 0.621 bits per heavy atom. The Bertz CT molecular complexity index is 3560. The van der Waals surface area contributed by atoms with Crippen molar-refractivity contribution in [2.24, 2.45) is 17.3 Å². The molecular weight excluding hydrogens is 928 g/mol. The average molecular weight is 972 g/mol. The highest BCUT2D eigenvalue weighted by Crippen LogP contribution is 2.37. The number of aromatic nitrogens is 2. The molecule has 8 aromatic rings. The number of halogens is 2. The molecule has 0 saturated carbocycles. The van der Waals surface area contributed by atoms with E-state index in [9.17, 15) is 26.4 Å². The fourth-order valence-electron chi connectivity index (χ4n) is 7.53. The van der Waals surface area contributed by atoms with Crippen molar-refractivity contribution < 1.29 is 35.1 Å². The molecule has 0 fully saturated rings. The number of primary sulfonamides is 2. The fraction of sp³-hybridized carbons (Fsp3) is 0.188. The predicted octanol–water partition coefficient (Wildman–Crippen LogP) is 9.77. The highest BCUT2D eigenvalue weighted by atomic mass is 35.5. The monoisotopic (exact) mass is 970 g/mol. The normalized spacial score (nSPS) is 12.7. The van der Waals surface area contributed by atoms with Gasteiger partial charge in [0.15, 0.2) is 10.9 Å². The van der Waals surface area contributed by atoms with Crippen LogP contribution in [-0.4, -0.2) is 26.6 Å². The maximum Gasteiger partial charge on any atom is 0.241 e. The van der Waals surface area contributed by atoms with Crippen LogP contribution in [0.2, 0.25) is 10.0 Å². The second-order valence-corrected chi connectivity index (χ2v) is 19.7. The number of fused-ring (bicyclic) bond motifs is 2. The van der Waals surface area contributed by atoms with Crippen LogP contribution in [0.1, 0.15) is 59.4 Å². The van der Waals surface area contributed by atoms with Gasteiger partial charge in [0.2, 0.25) is 20.0 Å². The van der Waals surface area contributed by atoms with E-state index in [1.54, 1.807) is 64.0 Å². The summed E-state index contributed by atoms with van der Waals surface area (Å²) in [6.07, 6.45) is 2.04. The summed E-state index contributed by atoms with van der Waals surface area (Å²) in [4.78, 5) is 26.0. The van der Waals surface area contributed by atoms with Crippen LogP contribution in [0.4, 0.5) is 0 Å². The van der Waals surface area contributed by atoms with Crippen LogP contribution in [0.5, 0.6) is 11.5 Å². The third-order valence-corrected chi connectivity index (χ3v) is 13.0. The molecule has 0 amide bonds. The lowest BCUT2D eigenvalue weighted by Gasteiger charge is -2.19. The van der Waals surface area contributed by atoms with E-state index in [1.165, 1.54) is 36.4 Å². The van der Waals surface area contributed by atoms with Gasteiger partial charge in [0.05, 0.1) is 22.5 Å². The van der Waals surface area contributed by atoms with Crippen molar-refractivity contribution in [3.8, 4) is 34.1 Å². The minimum Gasteiger partial charge on any atom is -0.484 e. The van der Waals surface area contributed by atoms with Gasteiger partial charge in [-0.1, -0.05) is 53.5 Å². The summed E-state index contributed by atoms with van der Waals surface area (Å²) >= 11 is 11.9. The highest BCUT2D eigenvalue weighted by Gasteiger charge is 2.25. The molecule has 4 N–H and O–H groups in total. The Labute approximate surface area is 390 Å². The van der Waals surface area contributed by atoms with Crippen LogP contribution in [-0.2, 0) is 27.1 Å². The molecule has 0 radical (unpaired) electrons. The number of benzene rings is 5. The van der Waals surface area contributed by atoms with E-state index in [0.717, 1.165) is 16.7 Å². The van der Waals surface area contributed by atoms with Crippen molar-refractivity contribution >= 4 is 65.2 Å². The molecule has 342 valence electrons. The topological polar surface area (TPSA) is 217 Å². The summed E-state index contributed by atoms with van der Waals surface area (Å²) in [5.74, 6) is 0.990. The first kappa shape index (κ1) is 47.7. The fourth-order valence-corrected chi connectivity index (χ4v) is 9.38. The van der Waals surface area contributed by atoms with Gasteiger partial charge in [0.25, 0.3) is 0 Å². The van der Waals surface area contributed by atoms with Crippen molar-refractivity contribution in [2.45, 2.75) is 63.5 Å². The standard InChI is InChI=1S/C25H22ClNO5S.C23H22ClN3O5S/c1-14-11-19(16(3)31-21-10-9-18(26)13-22(21)33(27,29)30)25-20(12-14)23(28)15(2)24(32-25)17-7-5-4-6-8-17;1-12-7-17(14(3)31-19-6-5-16(24)9-20(19)33(25,29)30)23-18(8-12)21(28)13(2)22(32-23)15-10-26-27(4)11-15/h4-13,16H,1-3H3,(H2,27,29,30);5-11,14H,1-4H3,(H2,25,29,30). The Morgan fingerprint density at radius 2 is 1.05 bits per heavy atom. The molecule has 0 bridgehead atoms. The number of sulfonamides is 2.